The number of halogens is 1. The molecule has 1 aliphatic heterocycles. The summed E-state index contributed by atoms with van der Waals surface area (Å²) in [5.41, 5.74) is 1.61. The fraction of sp³-hybridized carbons (Fsp3) is 0.375. The molecule has 1 fully saturated rings. The monoisotopic (exact) mass is 457 g/mol. The van der Waals surface area contributed by atoms with Crippen LogP contribution in [0, 0.1) is 6.92 Å². The maximum atomic E-state index is 12.8. The molecule has 1 aromatic carbocycles. The number of anilines is 1. The van der Waals surface area contributed by atoms with Crippen LogP contribution in [0.1, 0.15) is 23.7 Å². The minimum atomic E-state index is -3.86. The summed E-state index contributed by atoms with van der Waals surface area (Å²) in [7, 11) is -0.760. The molecule has 146 valence electrons. The number of phenolic OH excluding ortho intramolecular Hbond substituents is 1. The highest BCUT2D eigenvalue weighted by Gasteiger charge is 2.41. The number of aromatic nitrogens is 2. The number of aryl methyl sites for hydroxylation is 2. The maximum Gasteiger partial charge on any atom is 0.280 e. The van der Waals surface area contributed by atoms with Crippen molar-refractivity contribution >= 4 is 37.7 Å². The van der Waals surface area contributed by atoms with Crippen LogP contribution in [0.5, 0.6) is 5.75 Å². The Morgan fingerprint density at radius 1 is 1.41 bits per heavy atom. The Balaban J connectivity index is 1.89. The molecule has 0 saturated carbocycles. The largest absolute Gasteiger partial charge is 0.506 e. The van der Waals surface area contributed by atoms with E-state index in [-0.39, 0.29) is 17.9 Å². The van der Waals surface area contributed by atoms with Gasteiger partial charge in [-0.1, -0.05) is 15.9 Å². The van der Waals surface area contributed by atoms with E-state index in [0.717, 1.165) is 9.87 Å². The Labute approximate surface area is 165 Å². The van der Waals surface area contributed by atoms with Crippen molar-refractivity contribution in [2.45, 2.75) is 25.4 Å². The van der Waals surface area contributed by atoms with Gasteiger partial charge in [0.1, 0.15) is 11.8 Å². The summed E-state index contributed by atoms with van der Waals surface area (Å²) in [5.74, 6) is -0.631. The average molecular weight is 458 g/mol. The molecule has 0 spiro atoms. The molecule has 3 rings (SSSR count). The Kier molecular flexibility index (Phi) is 5.30. The number of likely N-dealkylation sites (N-methyl/N-ethyl adjacent to an activating group) is 1. The normalized spacial score (nSPS) is 22.5. The lowest BCUT2D eigenvalue weighted by molar-refractivity contribution is -0.120. The van der Waals surface area contributed by atoms with Crippen LogP contribution in [0.15, 0.2) is 28.9 Å². The molecular formula is C16H20BrN5O4S. The molecule has 11 heteroatoms. The lowest BCUT2D eigenvalue weighted by Crippen LogP contribution is -2.56. The van der Waals surface area contributed by atoms with Crippen LogP contribution in [0.3, 0.4) is 0 Å². The first kappa shape index (κ1) is 19.8. The number of hydrogen-bond donors (Lipinski definition) is 3. The van der Waals surface area contributed by atoms with Gasteiger partial charge in [0.25, 0.3) is 10.2 Å². The standard InChI is InChI=1S/C16H20BrN5O4S/c1-9-11(8-21(2)19-9)12-7-14(22(3)27(25,26)20-12)16(24)18-13-6-10(17)4-5-15(13)23/h4-6,8,12,14,20,23H,7H2,1-3H3,(H,18,24)/t12-,14+/m1/s1. The van der Waals surface area contributed by atoms with Crippen molar-refractivity contribution in [2.24, 2.45) is 7.05 Å². The van der Waals surface area contributed by atoms with Gasteiger partial charge < -0.3 is 10.4 Å². The van der Waals surface area contributed by atoms with Gasteiger partial charge >= 0.3 is 0 Å². The van der Waals surface area contributed by atoms with Gasteiger partial charge in [0.15, 0.2) is 0 Å². The number of hydrogen-bond acceptors (Lipinski definition) is 5. The van der Waals surface area contributed by atoms with E-state index in [9.17, 15) is 18.3 Å². The minimum Gasteiger partial charge on any atom is -0.506 e. The fourth-order valence-electron chi connectivity index (χ4n) is 3.10. The number of aromatic hydroxyl groups is 1. The van der Waals surface area contributed by atoms with Crippen LogP contribution in [0.25, 0.3) is 0 Å². The van der Waals surface area contributed by atoms with Crippen molar-refractivity contribution in [3.63, 3.8) is 0 Å². The van der Waals surface area contributed by atoms with E-state index in [1.54, 1.807) is 37.0 Å². The quantitative estimate of drug-likeness (QED) is 0.602. The number of carbonyl (C=O) groups is 1. The second kappa shape index (κ2) is 7.23. The van der Waals surface area contributed by atoms with Crippen molar-refractivity contribution in [1.82, 2.24) is 18.8 Å². The zero-order chi connectivity index (χ0) is 19.9. The van der Waals surface area contributed by atoms with Gasteiger partial charge in [0.05, 0.1) is 17.4 Å². The number of carbonyl (C=O) groups excluding carboxylic acids is 1. The van der Waals surface area contributed by atoms with E-state index in [0.29, 0.717) is 10.2 Å². The number of benzene rings is 1. The van der Waals surface area contributed by atoms with E-state index < -0.39 is 28.2 Å². The third kappa shape index (κ3) is 4.00. The number of rotatable bonds is 3. The van der Waals surface area contributed by atoms with Crippen molar-refractivity contribution in [2.75, 3.05) is 12.4 Å². The molecule has 0 bridgehead atoms. The third-order valence-electron chi connectivity index (χ3n) is 4.51. The summed E-state index contributed by atoms with van der Waals surface area (Å²) >= 11 is 3.27. The molecule has 2 aromatic rings. The molecule has 27 heavy (non-hydrogen) atoms. The van der Waals surface area contributed by atoms with E-state index >= 15 is 0 Å². The number of nitrogens with one attached hydrogen (secondary N) is 2. The minimum absolute atomic E-state index is 0.106. The van der Waals surface area contributed by atoms with Crippen LogP contribution in [-0.2, 0) is 22.1 Å². The van der Waals surface area contributed by atoms with Gasteiger partial charge in [-0.05, 0) is 31.5 Å². The Morgan fingerprint density at radius 3 is 2.74 bits per heavy atom. The van der Waals surface area contributed by atoms with Crippen molar-refractivity contribution in [3.8, 4) is 5.75 Å². The summed E-state index contributed by atoms with van der Waals surface area (Å²) < 4.78 is 30.9. The molecule has 3 N–H and O–H groups in total. The lowest BCUT2D eigenvalue weighted by Gasteiger charge is -2.36. The summed E-state index contributed by atoms with van der Waals surface area (Å²) in [5, 5.41) is 16.8. The molecule has 9 nitrogen and oxygen atoms in total. The Morgan fingerprint density at radius 2 is 2.11 bits per heavy atom. The predicted molar refractivity (Wildman–Crippen MR) is 103 cm³/mol. The molecule has 0 aliphatic carbocycles. The molecule has 1 amide bonds. The smallest absolute Gasteiger partial charge is 0.280 e. The van der Waals surface area contributed by atoms with Gasteiger partial charge in [0, 0.05) is 30.3 Å². The zero-order valence-electron chi connectivity index (χ0n) is 15.0. The van der Waals surface area contributed by atoms with Gasteiger partial charge in [0.2, 0.25) is 5.91 Å². The van der Waals surface area contributed by atoms with Crippen molar-refractivity contribution in [1.29, 1.82) is 0 Å². The highest BCUT2D eigenvalue weighted by Crippen LogP contribution is 2.31. The van der Waals surface area contributed by atoms with E-state index in [4.69, 9.17) is 0 Å². The topological polar surface area (TPSA) is 117 Å². The van der Waals surface area contributed by atoms with Crippen molar-refractivity contribution in [3.05, 3.63) is 40.1 Å². The molecule has 0 unspecified atom stereocenters. The maximum absolute atomic E-state index is 12.8. The van der Waals surface area contributed by atoms with E-state index in [1.807, 2.05) is 0 Å². The summed E-state index contributed by atoms with van der Waals surface area (Å²) in [6, 6.07) is 3.09. The average Bonchev–Trinajstić information content (AvgIpc) is 2.91. The van der Waals surface area contributed by atoms with Gasteiger partial charge in [-0.3, -0.25) is 9.48 Å². The Bertz CT molecular complexity index is 991. The molecule has 2 atom stereocenters. The molecule has 2 heterocycles. The predicted octanol–water partition coefficient (Wildman–Crippen LogP) is 1.41. The lowest BCUT2D eigenvalue weighted by atomic mass is 10.00. The summed E-state index contributed by atoms with van der Waals surface area (Å²) in [6.07, 6.45) is 1.96. The van der Waals surface area contributed by atoms with Crippen LogP contribution in [0.2, 0.25) is 0 Å². The van der Waals surface area contributed by atoms with Crippen LogP contribution < -0.4 is 10.0 Å². The molecule has 0 radical (unpaired) electrons. The number of nitrogens with zero attached hydrogens (tertiary/aromatic N) is 3. The van der Waals surface area contributed by atoms with Crippen LogP contribution in [0.4, 0.5) is 5.69 Å². The van der Waals surface area contributed by atoms with Crippen molar-refractivity contribution < 1.29 is 18.3 Å². The van der Waals surface area contributed by atoms with E-state index in [1.165, 1.54) is 13.1 Å². The summed E-state index contributed by atoms with van der Waals surface area (Å²) in [4.78, 5) is 12.8. The molecular weight excluding hydrogens is 438 g/mol. The zero-order valence-corrected chi connectivity index (χ0v) is 17.4. The molecule has 1 aliphatic rings. The van der Waals surface area contributed by atoms with Gasteiger partial charge in [-0.2, -0.15) is 22.5 Å². The molecule has 1 saturated heterocycles. The number of phenols is 1. The third-order valence-corrected chi connectivity index (χ3v) is 6.60. The Hall–Kier alpha value is -1.95. The highest BCUT2D eigenvalue weighted by molar-refractivity contribution is 9.10. The first-order valence-corrected chi connectivity index (χ1v) is 10.4. The van der Waals surface area contributed by atoms with Crippen LogP contribution in [-0.4, -0.2) is 46.6 Å². The second-order valence-corrected chi connectivity index (χ2v) is 9.11. The second-order valence-electron chi connectivity index (χ2n) is 6.44. The first-order valence-electron chi connectivity index (χ1n) is 8.13. The SMILES string of the molecule is Cc1nn(C)cc1[C@H]1C[C@@H](C(=O)Nc2cc(Br)ccc2O)N(C)S(=O)(=O)N1. The van der Waals surface area contributed by atoms with Gasteiger partial charge in [-0.25, -0.2) is 0 Å². The molecule has 1 aromatic heterocycles. The number of amides is 1. The first-order chi connectivity index (χ1) is 12.6. The summed E-state index contributed by atoms with van der Waals surface area (Å²) in [6.45, 7) is 1.79. The fourth-order valence-corrected chi connectivity index (χ4v) is 4.72. The van der Waals surface area contributed by atoms with Crippen LogP contribution >= 0.6 is 15.9 Å². The van der Waals surface area contributed by atoms with E-state index in [2.05, 4.69) is 31.1 Å². The highest BCUT2D eigenvalue weighted by atomic mass is 79.9. The van der Waals surface area contributed by atoms with Gasteiger partial charge in [-0.15, -0.1) is 0 Å².